The van der Waals surface area contributed by atoms with E-state index in [4.69, 9.17) is 10.7 Å². The molecule has 0 saturated carbocycles. The molecule has 0 bridgehead atoms. The summed E-state index contributed by atoms with van der Waals surface area (Å²) in [6.45, 7) is 4.72. The maximum Gasteiger partial charge on any atom is 0.195 e. The van der Waals surface area contributed by atoms with Gasteiger partial charge in [-0.1, -0.05) is 29.8 Å². The van der Waals surface area contributed by atoms with Gasteiger partial charge in [0, 0.05) is 17.5 Å². The number of nitrogens with zero attached hydrogens (tertiary/aromatic N) is 2. The molecule has 3 nitrogen and oxygen atoms in total. The molecule has 3 heterocycles. The molecule has 0 fully saturated rings. The predicted octanol–water partition coefficient (Wildman–Crippen LogP) is 4.87. The Balaban J connectivity index is 1.98. The van der Waals surface area contributed by atoms with Crippen LogP contribution < -0.4 is 5.73 Å². The number of benzene rings is 1. The maximum absolute atomic E-state index is 6.11. The number of hydrogen-bond acceptors (Lipinski definition) is 4. The van der Waals surface area contributed by atoms with Gasteiger partial charge >= 0.3 is 0 Å². The van der Waals surface area contributed by atoms with E-state index in [9.17, 15) is 0 Å². The van der Waals surface area contributed by atoms with Crippen molar-refractivity contribution in [3.63, 3.8) is 0 Å². The largest absolute Gasteiger partial charge is 0.325 e. The van der Waals surface area contributed by atoms with Crippen molar-refractivity contribution in [3.05, 3.63) is 57.9 Å². The molecule has 4 aromatic rings. The van der Waals surface area contributed by atoms with Gasteiger partial charge in [-0.2, -0.15) is 0 Å². The Morgan fingerprint density at radius 1 is 1.17 bits per heavy atom. The normalized spacial score (nSPS) is 11.4. The van der Waals surface area contributed by atoms with E-state index in [1.165, 1.54) is 27.3 Å². The van der Waals surface area contributed by atoms with E-state index in [1.807, 2.05) is 0 Å². The molecule has 1 aromatic carbocycles. The summed E-state index contributed by atoms with van der Waals surface area (Å²) < 4.78 is 2.21. The minimum Gasteiger partial charge on any atom is -0.325 e. The molecule has 2 N–H and O–H groups in total. The Kier molecular flexibility index (Phi) is 3.56. The first-order chi connectivity index (χ1) is 11.2. The van der Waals surface area contributed by atoms with Gasteiger partial charge < -0.3 is 5.73 Å². The number of rotatable bonds is 3. The Bertz CT molecular complexity index is 977. The highest BCUT2D eigenvalue weighted by Gasteiger charge is 2.19. The molecule has 0 aliphatic heterocycles. The van der Waals surface area contributed by atoms with E-state index < -0.39 is 0 Å². The lowest BCUT2D eigenvalue weighted by atomic mass is 10.0. The van der Waals surface area contributed by atoms with Crippen molar-refractivity contribution >= 4 is 27.6 Å². The van der Waals surface area contributed by atoms with E-state index in [1.54, 1.807) is 22.7 Å². The van der Waals surface area contributed by atoms with E-state index >= 15 is 0 Å². The molecule has 4 rings (SSSR count). The topological polar surface area (TPSA) is 43.3 Å². The predicted molar refractivity (Wildman–Crippen MR) is 99.2 cm³/mol. The lowest BCUT2D eigenvalue weighted by molar-refractivity contribution is 0.974. The van der Waals surface area contributed by atoms with Crippen LogP contribution >= 0.6 is 22.7 Å². The highest BCUT2D eigenvalue weighted by molar-refractivity contribution is 7.17. The summed E-state index contributed by atoms with van der Waals surface area (Å²) in [5, 5.41) is 4.27. The van der Waals surface area contributed by atoms with Crippen molar-refractivity contribution in [3.8, 4) is 21.8 Å². The van der Waals surface area contributed by atoms with Crippen LogP contribution in [0.15, 0.2) is 41.1 Å². The summed E-state index contributed by atoms with van der Waals surface area (Å²) in [6, 6.07) is 10.7. The zero-order chi connectivity index (χ0) is 16.0. The van der Waals surface area contributed by atoms with Gasteiger partial charge in [0.05, 0.1) is 22.0 Å². The smallest absolute Gasteiger partial charge is 0.195 e. The van der Waals surface area contributed by atoms with Crippen LogP contribution in [0.3, 0.4) is 0 Å². The lowest BCUT2D eigenvalue weighted by Crippen LogP contribution is -2.03. The summed E-state index contributed by atoms with van der Waals surface area (Å²) in [5.74, 6) is 0. The molecule has 0 saturated heterocycles. The molecule has 0 spiro atoms. The fourth-order valence-electron chi connectivity index (χ4n) is 3.00. The molecule has 0 atom stereocenters. The van der Waals surface area contributed by atoms with Gasteiger partial charge in [0.1, 0.15) is 0 Å². The molecule has 23 heavy (non-hydrogen) atoms. The standard InChI is InChI=1S/C18H17N3S2/c1-11-5-6-13(12(2)8-11)17-14(9-19)21-15(10-23-18(21)20-17)16-4-3-7-22-16/h3-8,10H,9,19H2,1-2H3. The quantitative estimate of drug-likeness (QED) is 0.579. The summed E-state index contributed by atoms with van der Waals surface area (Å²) in [5.41, 5.74) is 13.1. The molecule has 5 heteroatoms. The second-order valence-electron chi connectivity index (χ2n) is 5.65. The fourth-order valence-corrected chi connectivity index (χ4v) is 4.71. The van der Waals surface area contributed by atoms with E-state index in [-0.39, 0.29) is 0 Å². The average Bonchev–Trinajstić information content (AvgIpc) is 3.22. The molecular weight excluding hydrogens is 322 g/mol. The average molecular weight is 339 g/mol. The fraction of sp³-hybridized carbons (Fsp3) is 0.167. The Hall–Kier alpha value is -1.95. The maximum atomic E-state index is 6.11. The first kappa shape index (κ1) is 14.6. The first-order valence-corrected chi connectivity index (χ1v) is 9.25. The Morgan fingerprint density at radius 3 is 2.74 bits per heavy atom. The molecule has 0 aliphatic rings. The summed E-state index contributed by atoms with van der Waals surface area (Å²) in [4.78, 5) is 7.13. The van der Waals surface area contributed by atoms with Crippen molar-refractivity contribution in [2.45, 2.75) is 20.4 Å². The zero-order valence-electron chi connectivity index (χ0n) is 13.0. The molecule has 116 valence electrons. The summed E-state index contributed by atoms with van der Waals surface area (Å²) in [7, 11) is 0. The molecule has 0 radical (unpaired) electrons. The van der Waals surface area contributed by atoms with Gasteiger partial charge in [-0.3, -0.25) is 4.40 Å². The minimum atomic E-state index is 0.471. The zero-order valence-corrected chi connectivity index (χ0v) is 14.7. The lowest BCUT2D eigenvalue weighted by Gasteiger charge is -2.07. The summed E-state index contributed by atoms with van der Waals surface area (Å²) >= 11 is 3.41. The van der Waals surface area contributed by atoms with Gasteiger partial charge in [0.2, 0.25) is 0 Å². The van der Waals surface area contributed by atoms with E-state index in [0.717, 1.165) is 16.3 Å². The number of hydrogen-bond donors (Lipinski definition) is 1. The van der Waals surface area contributed by atoms with Gasteiger partial charge in [-0.15, -0.1) is 22.7 Å². The van der Waals surface area contributed by atoms with E-state index in [0.29, 0.717) is 6.54 Å². The number of imidazole rings is 1. The van der Waals surface area contributed by atoms with Crippen LogP contribution in [-0.2, 0) is 6.54 Å². The number of thiophene rings is 1. The van der Waals surface area contributed by atoms with Crippen molar-refractivity contribution in [1.29, 1.82) is 0 Å². The van der Waals surface area contributed by atoms with Crippen LogP contribution in [0.4, 0.5) is 0 Å². The first-order valence-electron chi connectivity index (χ1n) is 7.49. The second kappa shape index (κ2) is 5.60. The number of aromatic nitrogens is 2. The van der Waals surface area contributed by atoms with Crippen molar-refractivity contribution in [2.24, 2.45) is 5.73 Å². The molecule has 0 aliphatic carbocycles. The number of fused-ring (bicyclic) bond motifs is 1. The Labute approximate surface area is 143 Å². The van der Waals surface area contributed by atoms with Crippen LogP contribution in [0.25, 0.3) is 26.8 Å². The van der Waals surface area contributed by atoms with Crippen LogP contribution in [0.5, 0.6) is 0 Å². The number of aryl methyl sites for hydroxylation is 2. The summed E-state index contributed by atoms with van der Waals surface area (Å²) in [6.07, 6.45) is 0. The van der Waals surface area contributed by atoms with Gasteiger partial charge in [0.15, 0.2) is 4.96 Å². The van der Waals surface area contributed by atoms with Gasteiger partial charge in [-0.25, -0.2) is 4.98 Å². The number of nitrogens with two attached hydrogens (primary N) is 1. The van der Waals surface area contributed by atoms with Crippen LogP contribution in [-0.4, -0.2) is 9.38 Å². The van der Waals surface area contributed by atoms with Gasteiger partial charge in [0.25, 0.3) is 0 Å². The third-order valence-electron chi connectivity index (χ3n) is 4.06. The minimum absolute atomic E-state index is 0.471. The van der Waals surface area contributed by atoms with E-state index in [2.05, 4.69) is 59.3 Å². The third kappa shape index (κ3) is 2.32. The third-order valence-corrected chi connectivity index (χ3v) is 5.78. The van der Waals surface area contributed by atoms with Crippen LogP contribution in [0.2, 0.25) is 0 Å². The Morgan fingerprint density at radius 2 is 2.04 bits per heavy atom. The van der Waals surface area contributed by atoms with Crippen molar-refractivity contribution < 1.29 is 0 Å². The monoisotopic (exact) mass is 339 g/mol. The highest BCUT2D eigenvalue weighted by atomic mass is 32.1. The van der Waals surface area contributed by atoms with Crippen LogP contribution in [0, 0.1) is 13.8 Å². The molecule has 0 amide bonds. The number of thiazole rings is 1. The highest BCUT2D eigenvalue weighted by Crippen LogP contribution is 2.35. The van der Waals surface area contributed by atoms with Crippen molar-refractivity contribution in [1.82, 2.24) is 9.38 Å². The second-order valence-corrected chi connectivity index (χ2v) is 7.43. The van der Waals surface area contributed by atoms with Gasteiger partial charge in [-0.05, 0) is 30.9 Å². The molecule has 0 unspecified atom stereocenters. The van der Waals surface area contributed by atoms with Crippen molar-refractivity contribution in [2.75, 3.05) is 0 Å². The SMILES string of the molecule is Cc1ccc(-c2nc3scc(-c4cccs4)n3c2CN)c(C)c1. The molecular formula is C18H17N3S2. The molecule has 3 aromatic heterocycles. The van der Waals surface area contributed by atoms with Crippen LogP contribution in [0.1, 0.15) is 16.8 Å².